The highest BCUT2D eigenvalue weighted by Gasteiger charge is 2.15. The fourth-order valence-corrected chi connectivity index (χ4v) is 2.58. The van der Waals surface area contributed by atoms with E-state index >= 15 is 0 Å². The predicted octanol–water partition coefficient (Wildman–Crippen LogP) is 6.16. The molecule has 0 heteroatoms. The molecule has 4 atom stereocenters. The van der Waals surface area contributed by atoms with Gasteiger partial charge in [-0.3, -0.25) is 0 Å². The summed E-state index contributed by atoms with van der Waals surface area (Å²) in [4.78, 5) is 0. The standard InChI is InChI=1S/C17H36/c1-8-14(4)9-10-15(5)11-16(6)12-17(7)13(2)3/h13-17H,8-12H2,1-7H3. The maximum atomic E-state index is 2.44. The Morgan fingerprint density at radius 2 is 1.18 bits per heavy atom. The Bertz CT molecular complexity index is 171. The van der Waals surface area contributed by atoms with Crippen LogP contribution < -0.4 is 0 Å². The lowest BCUT2D eigenvalue weighted by molar-refractivity contribution is 0.283. The Kier molecular flexibility index (Phi) is 9.00. The van der Waals surface area contributed by atoms with E-state index in [0.29, 0.717) is 0 Å². The van der Waals surface area contributed by atoms with E-state index in [1.54, 1.807) is 0 Å². The van der Waals surface area contributed by atoms with Gasteiger partial charge in [0, 0.05) is 0 Å². The minimum Gasteiger partial charge on any atom is -0.0651 e. The lowest BCUT2D eigenvalue weighted by atomic mass is 9.83. The zero-order valence-electron chi connectivity index (χ0n) is 13.4. The van der Waals surface area contributed by atoms with Crippen molar-refractivity contribution in [2.24, 2.45) is 29.6 Å². The molecule has 4 unspecified atom stereocenters. The third-order valence-corrected chi connectivity index (χ3v) is 4.57. The lowest BCUT2D eigenvalue weighted by Gasteiger charge is -2.23. The smallest absolute Gasteiger partial charge is 0.0417 e. The van der Waals surface area contributed by atoms with Crippen LogP contribution in [-0.2, 0) is 0 Å². The van der Waals surface area contributed by atoms with Gasteiger partial charge < -0.3 is 0 Å². The van der Waals surface area contributed by atoms with Crippen LogP contribution in [0.15, 0.2) is 0 Å². The number of rotatable bonds is 9. The lowest BCUT2D eigenvalue weighted by Crippen LogP contribution is -2.12. The zero-order valence-corrected chi connectivity index (χ0v) is 13.4. The van der Waals surface area contributed by atoms with Crippen LogP contribution in [0.25, 0.3) is 0 Å². The van der Waals surface area contributed by atoms with Crippen molar-refractivity contribution in [3.05, 3.63) is 0 Å². The van der Waals surface area contributed by atoms with Gasteiger partial charge in [0.2, 0.25) is 0 Å². The highest BCUT2D eigenvalue weighted by Crippen LogP contribution is 2.26. The average molecular weight is 240 g/mol. The molecule has 0 aliphatic carbocycles. The van der Waals surface area contributed by atoms with E-state index in [1.165, 1.54) is 32.1 Å². The molecule has 0 aliphatic heterocycles. The zero-order chi connectivity index (χ0) is 13.4. The van der Waals surface area contributed by atoms with Crippen LogP contribution in [-0.4, -0.2) is 0 Å². The van der Waals surface area contributed by atoms with Crippen molar-refractivity contribution < 1.29 is 0 Å². The third-order valence-electron chi connectivity index (χ3n) is 4.57. The molecule has 0 bridgehead atoms. The van der Waals surface area contributed by atoms with Gasteiger partial charge in [0.25, 0.3) is 0 Å². The Labute approximate surface area is 111 Å². The van der Waals surface area contributed by atoms with Gasteiger partial charge in [-0.25, -0.2) is 0 Å². The molecule has 104 valence electrons. The van der Waals surface area contributed by atoms with Crippen molar-refractivity contribution in [2.75, 3.05) is 0 Å². The van der Waals surface area contributed by atoms with Gasteiger partial charge in [0.15, 0.2) is 0 Å². The number of hydrogen-bond acceptors (Lipinski definition) is 0. The van der Waals surface area contributed by atoms with Gasteiger partial charge in [0.05, 0.1) is 0 Å². The summed E-state index contributed by atoms with van der Waals surface area (Å²) < 4.78 is 0. The molecule has 0 radical (unpaired) electrons. The minimum absolute atomic E-state index is 0.841. The Balaban J connectivity index is 3.76. The van der Waals surface area contributed by atoms with E-state index in [0.717, 1.165) is 29.6 Å². The minimum atomic E-state index is 0.841. The van der Waals surface area contributed by atoms with Crippen LogP contribution in [0, 0.1) is 29.6 Å². The Morgan fingerprint density at radius 1 is 0.647 bits per heavy atom. The SMILES string of the molecule is CCC(C)CCC(C)CC(C)CC(C)C(C)C. The summed E-state index contributed by atoms with van der Waals surface area (Å²) in [5, 5.41) is 0. The number of hydrogen-bond donors (Lipinski definition) is 0. The van der Waals surface area contributed by atoms with Gasteiger partial charge in [-0.1, -0.05) is 67.7 Å². The fourth-order valence-electron chi connectivity index (χ4n) is 2.58. The second-order valence-corrected chi connectivity index (χ2v) is 6.99. The molecular formula is C17H36. The predicted molar refractivity (Wildman–Crippen MR) is 80.3 cm³/mol. The molecule has 17 heavy (non-hydrogen) atoms. The van der Waals surface area contributed by atoms with Crippen LogP contribution in [0.2, 0.25) is 0 Å². The molecule has 0 nitrogen and oxygen atoms in total. The van der Waals surface area contributed by atoms with E-state index in [9.17, 15) is 0 Å². The van der Waals surface area contributed by atoms with Gasteiger partial charge in [-0.15, -0.1) is 0 Å². The first-order valence-electron chi connectivity index (χ1n) is 7.86. The Hall–Kier alpha value is 0. The highest BCUT2D eigenvalue weighted by atomic mass is 14.2. The van der Waals surface area contributed by atoms with Crippen LogP contribution in [0.3, 0.4) is 0 Å². The first kappa shape index (κ1) is 17.0. The first-order valence-corrected chi connectivity index (χ1v) is 7.86. The molecule has 0 N–H and O–H groups in total. The van der Waals surface area contributed by atoms with Gasteiger partial charge in [-0.05, 0) is 42.4 Å². The fraction of sp³-hybridized carbons (Fsp3) is 1.00. The van der Waals surface area contributed by atoms with E-state index in [4.69, 9.17) is 0 Å². The second-order valence-electron chi connectivity index (χ2n) is 6.99. The molecule has 0 rings (SSSR count). The average Bonchev–Trinajstić information content (AvgIpc) is 2.25. The van der Waals surface area contributed by atoms with E-state index in [1.807, 2.05) is 0 Å². The summed E-state index contributed by atoms with van der Waals surface area (Å²) in [6.07, 6.45) is 7.02. The molecule has 0 spiro atoms. The summed E-state index contributed by atoms with van der Waals surface area (Å²) in [6, 6.07) is 0. The largest absolute Gasteiger partial charge is 0.0651 e. The van der Waals surface area contributed by atoms with Crippen LogP contribution in [0.1, 0.15) is 80.6 Å². The molecule has 0 aromatic carbocycles. The molecule has 0 aliphatic rings. The van der Waals surface area contributed by atoms with E-state index in [2.05, 4.69) is 48.5 Å². The molecule has 0 heterocycles. The molecular weight excluding hydrogens is 204 g/mol. The summed E-state index contributed by atoms with van der Waals surface area (Å²) >= 11 is 0. The van der Waals surface area contributed by atoms with E-state index in [-0.39, 0.29) is 0 Å². The highest BCUT2D eigenvalue weighted by molar-refractivity contribution is 4.66. The molecule has 0 saturated heterocycles. The second kappa shape index (κ2) is 9.00. The van der Waals surface area contributed by atoms with Crippen molar-refractivity contribution >= 4 is 0 Å². The monoisotopic (exact) mass is 240 g/mol. The van der Waals surface area contributed by atoms with Crippen molar-refractivity contribution in [1.82, 2.24) is 0 Å². The quantitative estimate of drug-likeness (QED) is 0.453. The van der Waals surface area contributed by atoms with Crippen molar-refractivity contribution in [3.8, 4) is 0 Å². The van der Waals surface area contributed by atoms with Gasteiger partial charge in [-0.2, -0.15) is 0 Å². The van der Waals surface area contributed by atoms with Crippen LogP contribution in [0.5, 0.6) is 0 Å². The molecule has 0 aromatic heterocycles. The summed E-state index contributed by atoms with van der Waals surface area (Å²) in [5.41, 5.74) is 0. The topological polar surface area (TPSA) is 0 Å². The summed E-state index contributed by atoms with van der Waals surface area (Å²) in [7, 11) is 0. The normalized spacial score (nSPS) is 19.1. The third kappa shape index (κ3) is 8.69. The van der Waals surface area contributed by atoms with E-state index < -0.39 is 0 Å². The molecule has 0 fully saturated rings. The first-order chi connectivity index (χ1) is 7.86. The van der Waals surface area contributed by atoms with Gasteiger partial charge >= 0.3 is 0 Å². The van der Waals surface area contributed by atoms with Crippen molar-refractivity contribution in [3.63, 3.8) is 0 Å². The summed E-state index contributed by atoms with van der Waals surface area (Å²) in [5.74, 6) is 4.46. The Morgan fingerprint density at radius 3 is 1.65 bits per heavy atom. The molecule has 0 amide bonds. The van der Waals surface area contributed by atoms with Gasteiger partial charge in [0.1, 0.15) is 0 Å². The van der Waals surface area contributed by atoms with Crippen LogP contribution in [0.4, 0.5) is 0 Å². The van der Waals surface area contributed by atoms with Crippen molar-refractivity contribution in [1.29, 1.82) is 0 Å². The van der Waals surface area contributed by atoms with Crippen LogP contribution >= 0.6 is 0 Å². The molecule has 0 saturated carbocycles. The molecule has 0 aromatic rings. The maximum absolute atomic E-state index is 2.44. The van der Waals surface area contributed by atoms with Crippen molar-refractivity contribution in [2.45, 2.75) is 80.6 Å². The summed E-state index contributed by atoms with van der Waals surface area (Å²) in [6.45, 7) is 16.7. The maximum Gasteiger partial charge on any atom is -0.0417 e.